The van der Waals surface area contributed by atoms with Crippen molar-refractivity contribution in [1.82, 2.24) is 10.2 Å². The standard InChI is InChI=1S/C35H39N3O5S/c1-4-22-36-35(40)32(24-28-14-8-5-9-15-28)37(25-29-16-10-6-11-17-29)34(39)26-38(31-23-27(2)20-21-33(31)43-3)44(41,42)30-18-12-7-13-19-30/h5-21,23,32H,4,22,24-26H2,1-3H3,(H,36,40)/t32-/m1/s1. The van der Waals surface area contributed by atoms with Crippen LogP contribution in [0.5, 0.6) is 5.75 Å². The highest BCUT2D eigenvalue weighted by Gasteiger charge is 2.35. The summed E-state index contributed by atoms with van der Waals surface area (Å²) >= 11 is 0. The van der Waals surface area contributed by atoms with Crippen molar-refractivity contribution < 1.29 is 22.7 Å². The van der Waals surface area contributed by atoms with Crippen molar-refractivity contribution in [2.75, 3.05) is 24.5 Å². The number of rotatable bonds is 14. The van der Waals surface area contributed by atoms with Gasteiger partial charge in [-0.3, -0.25) is 13.9 Å². The maximum atomic E-state index is 14.5. The fraction of sp³-hybridized carbons (Fsp3) is 0.257. The van der Waals surface area contributed by atoms with E-state index in [1.165, 1.54) is 24.1 Å². The average Bonchev–Trinajstić information content (AvgIpc) is 3.05. The Labute approximate surface area is 260 Å². The maximum absolute atomic E-state index is 14.5. The van der Waals surface area contributed by atoms with Gasteiger partial charge in [0, 0.05) is 19.5 Å². The molecule has 1 N–H and O–H groups in total. The summed E-state index contributed by atoms with van der Waals surface area (Å²) < 4.78 is 35.0. The minimum atomic E-state index is -4.22. The molecule has 0 saturated heterocycles. The first-order valence-electron chi connectivity index (χ1n) is 14.6. The van der Waals surface area contributed by atoms with Crippen LogP contribution >= 0.6 is 0 Å². The van der Waals surface area contributed by atoms with Crippen LogP contribution in [0.4, 0.5) is 5.69 Å². The number of sulfonamides is 1. The van der Waals surface area contributed by atoms with Crippen molar-refractivity contribution in [3.8, 4) is 5.75 Å². The second-order valence-electron chi connectivity index (χ2n) is 10.5. The van der Waals surface area contributed by atoms with Crippen LogP contribution < -0.4 is 14.4 Å². The van der Waals surface area contributed by atoms with E-state index in [1.807, 2.05) is 80.6 Å². The first-order valence-corrected chi connectivity index (χ1v) is 16.1. The van der Waals surface area contributed by atoms with Gasteiger partial charge in [-0.05, 0) is 54.3 Å². The third kappa shape index (κ3) is 8.05. The molecule has 9 heteroatoms. The zero-order valence-electron chi connectivity index (χ0n) is 25.3. The van der Waals surface area contributed by atoms with E-state index in [0.717, 1.165) is 27.4 Å². The zero-order chi connectivity index (χ0) is 31.5. The predicted molar refractivity (Wildman–Crippen MR) is 173 cm³/mol. The molecular weight excluding hydrogens is 574 g/mol. The molecule has 4 aromatic carbocycles. The highest BCUT2D eigenvalue weighted by Crippen LogP contribution is 2.34. The summed E-state index contributed by atoms with van der Waals surface area (Å²) in [6.45, 7) is 3.82. The number of ether oxygens (including phenoxy) is 1. The third-order valence-corrected chi connectivity index (χ3v) is 9.00. The van der Waals surface area contributed by atoms with Gasteiger partial charge in [-0.1, -0.05) is 91.9 Å². The molecule has 0 bridgehead atoms. The Morgan fingerprint density at radius 2 is 1.43 bits per heavy atom. The summed E-state index contributed by atoms with van der Waals surface area (Å²) in [4.78, 5) is 29.7. The number of amides is 2. The maximum Gasteiger partial charge on any atom is 0.264 e. The van der Waals surface area contributed by atoms with E-state index >= 15 is 0 Å². The van der Waals surface area contributed by atoms with E-state index in [-0.39, 0.29) is 29.5 Å². The Hall–Kier alpha value is -4.63. The topological polar surface area (TPSA) is 96.0 Å². The van der Waals surface area contributed by atoms with Gasteiger partial charge in [0.1, 0.15) is 18.3 Å². The monoisotopic (exact) mass is 613 g/mol. The smallest absolute Gasteiger partial charge is 0.264 e. The van der Waals surface area contributed by atoms with Crippen LogP contribution in [0, 0.1) is 6.92 Å². The van der Waals surface area contributed by atoms with Crippen LogP contribution in [-0.4, -0.2) is 51.4 Å². The summed E-state index contributed by atoms with van der Waals surface area (Å²) in [5.41, 5.74) is 2.72. The summed E-state index contributed by atoms with van der Waals surface area (Å²) in [6, 6.07) is 31.1. The van der Waals surface area contributed by atoms with Gasteiger partial charge >= 0.3 is 0 Å². The number of methoxy groups -OCH3 is 1. The Morgan fingerprint density at radius 1 is 0.841 bits per heavy atom. The second-order valence-corrected chi connectivity index (χ2v) is 12.4. The average molecular weight is 614 g/mol. The Kier molecular flexibility index (Phi) is 11.2. The van der Waals surface area contributed by atoms with E-state index in [1.54, 1.807) is 30.3 Å². The molecule has 2 amide bonds. The Balaban J connectivity index is 1.82. The first-order chi connectivity index (χ1) is 21.2. The van der Waals surface area contributed by atoms with Crippen molar-refractivity contribution in [2.24, 2.45) is 0 Å². The van der Waals surface area contributed by atoms with E-state index in [9.17, 15) is 18.0 Å². The van der Waals surface area contributed by atoms with Gasteiger partial charge in [-0.15, -0.1) is 0 Å². The molecule has 0 aliphatic heterocycles. The van der Waals surface area contributed by atoms with Crippen LogP contribution in [0.1, 0.15) is 30.0 Å². The van der Waals surface area contributed by atoms with Crippen molar-refractivity contribution >= 4 is 27.5 Å². The van der Waals surface area contributed by atoms with E-state index in [4.69, 9.17) is 4.74 Å². The zero-order valence-corrected chi connectivity index (χ0v) is 26.2. The number of hydrogen-bond acceptors (Lipinski definition) is 5. The number of carbonyl (C=O) groups excluding carboxylic acids is 2. The summed E-state index contributed by atoms with van der Waals surface area (Å²) in [6.07, 6.45) is 0.987. The van der Waals surface area contributed by atoms with Gasteiger partial charge in [0.25, 0.3) is 10.0 Å². The molecule has 0 saturated carbocycles. The summed E-state index contributed by atoms with van der Waals surface area (Å²) in [5, 5.41) is 2.96. The van der Waals surface area contributed by atoms with Crippen LogP contribution in [-0.2, 0) is 32.6 Å². The SMILES string of the molecule is CCCNC(=O)[C@@H](Cc1ccccc1)N(Cc1ccccc1)C(=O)CN(c1cc(C)ccc1OC)S(=O)(=O)c1ccccc1. The minimum Gasteiger partial charge on any atom is -0.495 e. The molecule has 0 aromatic heterocycles. The third-order valence-electron chi connectivity index (χ3n) is 7.23. The molecule has 0 fully saturated rings. The number of nitrogens with zero attached hydrogens (tertiary/aromatic N) is 2. The van der Waals surface area contributed by atoms with Crippen molar-refractivity contribution in [1.29, 1.82) is 0 Å². The Bertz CT molecular complexity index is 1630. The largest absolute Gasteiger partial charge is 0.495 e. The highest BCUT2D eigenvalue weighted by atomic mass is 32.2. The number of anilines is 1. The number of benzene rings is 4. The molecule has 0 heterocycles. The van der Waals surface area contributed by atoms with Crippen LogP contribution in [0.3, 0.4) is 0 Å². The first kappa shape index (κ1) is 32.3. The molecule has 44 heavy (non-hydrogen) atoms. The predicted octanol–water partition coefficient (Wildman–Crippen LogP) is 5.37. The van der Waals surface area contributed by atoms with E-state index < -0.39 is 28.5 Å². The molecule has 0 spiro atoms. The molecule has 0 aliphatic rings. The Morgan fingerprint density at radius 3 is 2.02 bits per heavy atom. The molecular formula is C35H39N3O5S. The van der Waals surface area contributed by atoms with Gasteiger partial charge in [0.2, 0.25) is 11.8 Å². The van der Waals surface area contributed by atoms with Crippen molar-refractivity contribution in [3.63, 3.8) is 0 Å². The normalized spacial score (nSPS) is 11.8. The van der Waals surface area contributed by atoms with Crippen LogP contribution in [0.15, 0.2) is 114 Å². The molecule has 1 atom stereocenters. The lowest BCUT2D eigenvalue weighted by molar-refractivity contribution is -0.140. The van der Waals surface area contributed by atoms with E-state index in [2.05, 4.69) is 5.32 Å². The van der Waals surface area contributed by atoms with Gasteiger partial charge < -0.3 is 15.0 Å². The lowest BCUT2D eigenvalue weighted by Gasteiger charge is -2.34. The second kappa shape index (κ2) is 15.2. The quantitative estimate of drug-likeness (QED) is 0.207. The lowest BCUT2D eigenvalue weighted by atomic mass is 10.0. The van der Waals surface area contributed by atoms with Gasteiger partial charge in [0.15, 0.2) is 0 Å². The van der Waals surface area contributed by atoms with Crippen LogP contribution in [0.25, 0.3) is 0 Å². The molecule has 4 aromatic rings. The molecule has 4 rings (SSSR count). The number of nitrogens with one attached hydrogen (secondary N) is 1. The fourth-order valence-corrected chi connectivity index (χ4v) is 6.37. The van der Waals surface area contributed by atoms with Gasteiger partial charge in [-0.2, -0.15) is 0 Å². The number of carbonyl (C=O) groups is 2. The molecule has 0 aliphatic carbocycles. The molecule has 8 nitrogen and oxygen atoms in total. The fourth-order valence-electron chi connectivity index (χ4n) is 4.93. The summed E-state index contributed by atoms with van der Waals surface area (Å²) in [5.74, 6) is -0.519. The van der Waals surface area contributed by atoms with Gasteiger partial charge in [-0.25, -0.2) is 8.42 Å². The van der Waals surface area contributed by atoms with Crippen LogP contribution in [0.2, 0.25) is 0 Å². The highest BCUT2D eigenvalue weighted by molar-refractivity contribution is 7.92. The van der Waals surface area contributed by atoms with E-state index in [0.29, 0.717) is 12.3 Å². The number of hydrogen-bond donors (Lipinski definition) is 1. The minimum absolute atomic E-state index is 0.0347. The van der Waals surface area contributed by atoms with Crippen molar-refractivity contribution in [3.05, 3.63) is 126 Å². The molecule has 0 unspecified atom stereocenters. The number of aryl methyl sites for hydroxylation is 1. The van der Waals surface area contributed by atoms with Gasteiger partial charge in [0.05, 0.1) is 17.7 Å². The lowest BCUT2D eigenvalue weighted by Crippen LogP contribution is -2.53. The van der Waals surface area contributed by atoms with Crippen molar-refractivity contribution in [2.45, 2.75) is 44.2 Å². The molecule has 0 radical (unpaired) electrons. The molecule has 230 valence electrons. The summed E-state index contributed by atoms with van der Waals surface area (Å²) in [7, 11) is -2.76.